The van der Waals surface area contributed by atoms with E-state index in [2.05, 4.69) is 0 Å². The molecule has 18 heavy (non-hydrogen) atoms. The van der Waals surface area contributed by atoms with Crippen molar-refractivity contribution in [3.63, 3.8) is 0 Å². The van der Waals surface area contributed by atoms with Crippen molar-refractivity contribution in [2.45, 2.75) is 24.2 Å². The van der Waals surface area contributed by atoms with Gasteiger partial charge in [-0.1, -0.05) is 29.6 Å². The van der Waals surface area contributed by atoms with Crippen LogP contribution in [0.4, 0.5) is 0 Å². The average Bonchev–Trinajstić information content (AvgIpc) is 2.64. The molecule has 0 aliphatic rings. The number of hydrogen-bond donors (Lipinski definition) is 0. The highest BCUT2D eigenvalue weighted by atomic mass is 35.5. The van der Waals surface area contributed by atoms with Crippen LogP contribution in [0, 0.1) is 0 Å². The van der Waals surface area contributed by atoms with Crippen molar-refractivity contribution in [1.29, 1.82) is 0 Å². The molecule has 1 aromatic heterocycles. The van der Waals surface area contributed by atoms with Crippen LogP contribution in [-0.2, 0) is 10.0 Å². The van der Waals surface area contributed by atoms with E-state index in [0.717, 1.165) is 30.6 Å². The van der Waals surface area contributed by atoms with Gasteiger partial charge in [0, 0.05) is 19.5 Å². The highest BCUT2D eigenvalue weighted by molar-refractivity contribution is 7.89. The molecule has 0 spiro atoms. The molecular weight excluding hydrogens is 337 g/mol. The van der Waals surface area contributed by atoms with Crippen LogP contribution in [0.5, 0.6) is 0 Å². The number of nitrogens with zero attached hydrogens (tertiary/aromatic N) is 1. The molecule has 0 radical (unpaired) electrons. The minimum Gasteiger partial charge on any atom is -0.207 e. The molecule has 0 bridgehead atoms. The van der Waals surface area contributed by atoms with Crippen molar-refractivity contribution in [2.75, 3.05) is 19.5 Å². The Morgan fingerprint density at radius 2 is 1.94 bits per heavy atom. The first kappa shape index (κ1) is 16.5. The van der Waals surface area contributed by atoms with Crippen LogP contribution in [0.2, 0.25) is 8.67 Å². The largest absolute Gasteiger partial charge is 0.245 e. The first-order valence-electron chi connectivity index (χ1n) is 5.36. The Balaban J connectivity index is 2.71. The van der Waals surface area contributed by atoms with Gasteiger partial charge >= 0.3 is 0 Å². The molecule has 0 unspecified atom stereocenters. The monoisotopic (exact) mass is 349 g/mol. The summed E-state index contributed by atoms with van der Waals surface area (Å²) in [5.41, 5.74) is 0. The second kappa shape index (κ2) is 7.31. The fourth-order valence-corrected chi connectivity index (χ4v) is 4.90. The van der Waals surface area contributed by atoms with E-state index in [4.69, 9.17) is 34.8 Å². The summed E-state index contributed by atoms with van der Waals surface area (Å²) in [6.07, 6.45) is 2.57. The van der Waals surface area contributed by atoms with Crippen molar-refractivity contribution < 1.29 is 8.42 Å². The fourth-order valence-electron chi connectivity index (χ4n) is 1.39. The van der Waals surface area contributed by atoms with Crippen LogP contribution in [-0.4, -0.2) is 32.2 Å². The van der Waals surface area contributed by atoms with E-state index in [-0.39, 0.29) is 9.23 Å². The second-order valence-corrected chi connectivity index (χ2v) is 8.44. The fraction of sp³-hybridized carbons (Fsp3) is 0.600. The Labute approximate surface area is 127 Å². The summed E-state index contributed by atoms with van der Waals surface area (Å²) in [5, 5.41) is 0. The predicted octanol–water partition coefficient (Wildman–Crippen LogP) is 4.08. The molecule has 104 valence electrons. The molecule has 0 fully saturated rings. The zero-order valence-corrected chi connectivity index (χ0v) is 13.7. The molecule has 0 aliphatic carbocycles. The first-order chi connectivity index (χ1) is 8.39. The average molecular weight is 351 g/mol. The number of thiophene rings is 1. The van der Waals surface area contributed by atoms with Gasteiger partial charge in [0.25, 0.3) is 0 Å². The summed E-state index contributed by atoms with van der Waals surface area (Å²) in [4.78, 5) is 0.0824. The molecule has 1 rings (SSSR count). The van der Waals surface area contributed by atoms with E-state index in [1.54, 1.807) is 0 Å². The van der Waals surface area contributed by atoms with Crippen molar-refractivity contribution in [1.82, 2.24) is 4.31 Å². The Bertz CT molecular complexity index is 487. The van der Waals surface area contributed by atoms with E-state index in [9.17, 15) is 8.42 Å². The zero-order chi connectivity index (χ0) is 13.8. The van der Waals surface area contributed by atoms with E-state index in [1.807, 2.05) is 0 Å². The second-order valence-electron chi connectivity index (χ2n) is 3.76. The third-order valence-electron chi connectivity index (χ3n) is 2.42. The normalized spacial score (nSPS) is 12.3. The Morgan fingerprint density at radius 1 is 1.28 bits per heavy atom. The lowest BCUT2D eigenvalue weighted by atomic mass is 10.2. The minimum absolute atomic E-state index is 0.0824. The molecule has 0 amide bonds. The van der Waals surface area contributed by atoms with E-state index >= 15 is 0 Å². The molecule has 1 heterocycles. The number of sulfonamides is 1. The van der Waals surface area contributed by atoms with Gasteiger partial charge in [0.05, 0.1) is 4.34 Å². The molecule has 0 saturated carbocycles. The highest BCUT2D eigenvalue weighted by Gasteiger charge is 2.25. The summed E-state index contributed by atoms with van der Waals surface area (Å²) in [5.74, 6) is 0.600. The zero-order valence-electron chi connectivity index (χ0n) is 9.83. The van der Waals surface area contributed by atoms with Gasteiger partial charge in [-0.3, -0.25) is 0 Å². The summed E-state index contributed by atoms with van der Waals surface area (Å²) in [7, 11) is -2.00. The smallest absolute Gasteiger partial charge is 0.207 e. The van der Waals surface area contributed by atoms with Gasteiger partial charge in [0.2, 0.25) is 10.0 Å². The van der Waals surface area contributed by atoms with E-state index in [1.165, 1.54) is 17.4 Å². The van der Waals surface area contributed by atoms with Gasteiger partial charge in [-0.25, -0.2) is 12.7 Å². The lowest BCUT2D eigenvalue weighted by Gasteiger charge is -2.16. The lowest BCUT2D eigenvalue weighted by Crippen LogP contribution is -2.27. The molecule has 0 saturated heterocycles. The number of hydrogen-bond acceptors (Lipinski definition) is 3. The topological polar surface area (TPSA) is 37.4 Å². The van der Waals surface area contributed by atoms with Crippen molar-refractivity contribution in [2.24, 2.45) is 0 Å². The molecule has 0 N–H and O–H groups in total. The molecule has 1 aromatic rings. The third-order valence-corrected chi connectivity index (χ3v) is 6.30. The Kier molecular flexibility index (Phi) is 6.72. The Hall–Kier alpha value is 0.480. The molecular formula is C10H14Cl3NO2S2. The van der Waals surface area contributed by atoms with Crippen molar-refractivity contribution >= 4 is 56.2 Å². The van der Waals surface area contributed by atoms with E-state index < -0.39 is 10.0 Å². The summed E-state index contributed by atoms with van der Waals surface area (Å²) >= 11 is 18.2. The summed E-state index contributed by atoms with van der Waals surface area (Å²) < 4.78 is 26.3. The summed E-state index contributed by atoms with van der Waals surface area (Å²) in [6, 6.07) is 1.39. The number of halogens is 3. The van der Waals surface area contributed by atoms with E-state index in [0.29, 0.717) is 16.8 Å². The van der Waals surface area contributed by atoms with Gasteiger partial charge in [-0.05, 0) is 18.9 Å². The number of rotatable bonds is 7. The maximum absolute atomic E-state index is 12.2. The first-order valence-corrected chi connectivity index (χ1v) is 8.91. The van der Waals surface area contributed by atoms with Crippen LogP contribution in [0.15, 0.2) is 11.0 Å². The van der Waals surface area contributed by atoms with Gasteiger partial charge in [-0.2, -0.15) is 0 Å². The maximum atomic E-state index is 12.2. The standard InChI is InChI=1S/C10H14Cl3NO2S2/c1-14(6-4-2-3-5-11)18(15,16)8-7-9(12)17-10(8)13/h7H,2-6H2,1H3. The van der Waals surface area contributed by atoms with Crippen LogP contribution >= 0.6 is 46.1 Å². The quantitative estimate of drug-likeness (QED) is 0.549. The predicted molar refractivity (Wildman–Crippen MR) is 78.7 cm³/mol. The highest BCUT2D eigenvalue weighted by Crippen LogP contribution is 2.35. The Morgan fingerprint density at radius 3 is 2.44 bits per heavy atom. The summed E-state index contributed by atoms with van der Waals surface area (Å²) in [6.45, 7) is 0.447. The lowest BCUT2D eigenvalue weighted by molar-refractivity contribution is 0.455. The molecule has 3 nitrogen and oxygen atoms in total. The van der Waals surface area contributed by atoms with Gasteiger partial charge in [-0.15, -0.1) is 22.9 Å². The van der Waals surface area contributed by atoms with Crippen LogP contribution in [0.25, 0.3) is 0 Å². The molecule has 0 aliphatic heterocycles. The van der Waals surface area contributed by atoms with Gasteiger partial charge in [0.15, 0.2) is 0 Å². The van der Waals surface area contributed by atoms with Gasteiger partial charge in [0.1, 0.15) is 9.23 Å². The van der Waals surface area contributed by atoms with Crippen molar-refractivity contribution in [3.8, 4) is 0 Å². The van der Waals surface area contributed by atoms with Crippen LogP contribution in [0.1, 0.15) is 19.3 Å². The SMILES string of the molecule is CN(CCCCCCl)S(=O)(=O)c1cc(Cl)sc1Cl. The molecule has 8 heteroatoms. The minimum atomic E-state index is -3.54. The maximum Gasteiger partial charge on any atom is 0.245 e. The molecule has 0 atom stereocenters. The number of unbranched alkanes of at least 4 members (excludes halogenated alkanes) is 2. The van der Waals surface area contributed by atoms with Crippen LogP contribution < -0.4 is 0 Å². The molecule has 0 aromatic carbocycles. The third kappa shape index (κ3) is 4.25. The number of alkyl halides is 1. The van der Waals surface area contributed by atoms with Crippen LogP contribution in [0.3, 0.4) is 0 Å². The van der Waals surface area contributed by atoms with Crippen molar-refractivity contribution in [3.05, 3.63) is 14.7 Å². The van der Waals surface area contributed by atoms with Gasteiger partial charge < -0.3 is 0 Å².